The third-order valence-corrected chi connectivity index (χ3v) is 2.38. The number of rotatable bonds is 5. The molecule has 0 aliphatic carbocycles. The van der Waals surface area contributed by atoms with Gasteiger partial charge in [-0.3, -0.25) is 4.98 Å². The second kappa shape index (κ2) is 5.76. The first-order chi connectivity index (χ1) is 6.70. The Balaban J connectivity index is 2.32. The monoisotopic (exact) mass is 192 g/mol. The first kappa shape index (κ1) is 11.2. The second-order valence-corrected chi connectivity index (χ2v) is 4.14. The Kier molecular flexibility index (Phi) is 4.60. The van der Waals surface area contributed by atoms with Crippen LogP contribution in [0.15, 0.2) is 24.5 Å². The lowest BCUT2D eigenvalue weighted by atomic mass is 10.1. The summed E-state index contributed by atoms with van der Waals surface area (Å²) in [6.07, 6.45) is 4.92. The standard InChI is InChI=1S/C12H20N2/c1-10(2)4-9-14-11(3)12-5-7-13-8-6-12/h5-8,10-11,14H,4,9H2,1-3H3. The van der Waals surface area contributed by atoms with Gasteiger partial charge in [0.05, 0.1) is 0 Å². The van der Waals surface area contributed by atoms with Crippen LogP contribution in [0.4, 0.5) is 0 Å². The maximum atomic E-state index is 4.01. The van der Waals surface area contributed by atoms with Gasteiger partial charge in [0.25, 0.3) is 0 Å². The fourth-order valence-corrected chi connectivity index (χ4v) is 1.36. The average Bonchev–Trinajstić information content (AvgIpc) is 2.18. The molecule has 2 heteroatoms. The Morgan fingerprint density at radius 2 is 1.86 bits per heavy atom. The van der Waals surface area contributed by atoms with E-state index in [0.29, 0.717) is 6.04 Å². The molecule has 0 aromatic carbocycles. The van der Waals surface area contributed by atoms with Crippen molar-refractivity contribution in [3.05, 3.63) is 30.1 Å². The molecule has 0 aliphatic rings. The van der Waals surface area contributed by atoms with Crippen LogP contribution in [-0.2, 0) is 0 Å². The predicted molar refractivity (Wildman–Crippen MR) is 60.1 cm³/mol. The fraction of sp³-hybridized carbons (Fsp3) is 0.583. The van der Waals surface area contributed by atoms with E-state index in [0.717, 1.165) is 12.5 Å². The average molecular weight is 192 g/mol. The summed E-state index contributed by atoms with van der Waals surface area (Å²) in [4.78, 5) is 4.01. The quantitative estimate of drug-likeness (QED) is 0.776. The highest BCUT2D eigenvalue weighted by atomic mass is 14.9. The molecule has 0 fully saturated rings. The Hall–Kier alpha value is -0.890. The first-order valence-electron chi connectivity index (χ1n) is 5.33. The number of hydrogen-bond donors (Lipinski definition) is 1. The topological polar surface area (TPSA) is 24.9 Å². The van der Waals surface area contributed by atoms with Crippen molar-refractivity contribution >= 4 is 0 Å². The van der Waals surface area contributed by atoms with Crippen LogP contribution in [0.25, 0.3) is 0 Å². The molecule has 1 N–H and O–H groups in total. The zero-order valence-electron chi connectivity index (χ0n) is 9.33. The van der Waals surface area contributed by atoms with Gasteiger partial charge >= 0.3 is 0 Å². The molecular formula is C12H20N2. The molecule has 1 heterocycles. The van der Waals surface area contributed by atoms with Gasteiger partial charge in [0.15, 0.2) is 0 Å². The summed E-state index contributed by atoms with van der Waals surface area (Å²) in [5.41, 5.74) is 1.31. The molecule has 1 rings (SSSR count). The molecule has 1 aromatic heterocycles. The van der Waals surface area contributed by atoms with Crippen molar-refractivity contribution in [1.29, 1.82) is 0 Å². The van der Waals surface area contributed by atoms with E-state index < -0.39 is 0 Å². The van der Waals surface area contributed by atoms with Gasteiger partial charge in [-0.1, -0.05) is 13.8 Å². The highest BCUT2D eigenvalue weighted by Gasteiger charge is 2.03. The summed E-state index contributed by atoms with van der Waals surface area (Å²) >= 11 is 0. The summed E-state index contributed by atoms with van der Waals surface area (Å²) in [5, 5.41) is 3.50. The third-order valence-electron chi connectivity index (χ3n) is 2.38. The van der Waals surface area contributed by atoms with Crippen LogP contribution < -0.4 is 5.32 Å². The molecule has 0 saturated carbocycles. The minimum Gasteiger partial charge on any atom is -0.310 e. The molecule has 0 saturated heterocycles. The van der Waals surface area contributed by atoms with Gasteiger partial charge in [-0.2, -0.15) is 0 Å². The lowest BCUT2D eigenvalue weighted by molar-refractivity contribution is 0.497. The van der Waals surface area contributed by atoms with Crippen LogP contribution in [0.3, 0.4) is 0 Å². The Morgan fingerprint density at radius 3 is 2.43 bits per heavy atom. The highest BCUT2D eigenvalue weighted by Crippen LogP contribution is 2.10. The van der Waals surface area contributed by atoms with E-state index >= 15 is 0 Å². The van der Waals surface area contributed by atoms with Crippen molar-refractivity contribution < 1.29 is 0 Å². The maximum Gasteiger partial charge on any atom is 0.0292 e. The van der Waals surface area contributed by atoms with Crippen molar-refractivity contribution in [3.8, 4) is 0 Å². The van der Waals surface area contributed by atoms with Gasteiger partial charge in [0.1, 0.15) is 0 Å². The molecule has 1 unspecified atom stereocenters. The van der Waals surface area contributed by atoms with E-state index in [9.17, 15) is 0 Å². The molecule has 0 bridgehead atoms. The van der Waals surface area contributed by atoms with Crippen LogP contribution in [0.2, 0.25) is 0 Å². The van der Waals surface area contributed by atoms with Gasteiger partial charge in [-0.05, 0) is 43.5 Å². The second-order valence-electron chi connectivity index (χ2n) is 4.14. The maximum absolute atomic E-state index is 4.01. The molecule has 0 spiro atoms. The largest absolute Gasteiger partial charge is 0.310 e. The molecule has 0 aliphatic heterocycles. The van der Waals surface area contributed by atoms with E-state index in [1.165, 1.54) is 12.0 Å². The first-order valence-corrected chi connectivity index (χ1v) is 5.33. The van der Waals surface area contributed by atoms with Crippen molar-refractivity contribution in [2.24, 2.45) is 5.92 Å². The molecule has 0 radical (unpaired) electrons. The zero-order chi connectivity index (χ0) is 10.4. The number of pyridine rings is 1. The summed E-state index contributed by atoms with van der Waals surface area (Å²) in [6.45, 7) is 7.77. The number of aromatic nitrogens is 1. The van der Waals surface area contributed by atoms with Crippen LogP contribution in [0.5, 0.6) is 0 Å². The van der Waals surface area contributed by atoms with Gasteiger partial charge in [-0.15, -0.1) is 0 Å². The lowest BCUT2D eigenvalue weighted by Crippen LogP contribution is -2.20. The lowest BCUT2D eigenvalue weighted by Gasteiger charge is -2.14. The molecule has 78 valence electrons. The number of nitrogens with zero attached hydrogens (tertiary/aromatic N) is 1. The van der Waals surface area contributed by atoms with E-state index in [1.54, 1.807) is 0 Å². The van der Waals surface area contributed by atoms with Gasteiger partial charge in [0, 0.05) is 18.4 Å². The molecule has 1 atom stereocenters. The van der Waals surface area contributed by atoms with Crippen molar-refractivity contribution in [1.82, 2.24) is 10.3 Å². The Bertz CT molecular complexity index is 244. The van der Waals surface area contributed by atoms with Crippen molar-refractivity contribution in [2.45, 2.75) is 33.2 Å². The normalized spacial score (nSPS) is 13.1. The molecular weight excluding hydrogens is 172 g/mol. The minimum atomic E-state index is 0.428. The predicted octanol–water partition coefficient (Wildman–Crippen LogP) is 2.78. The molecule has 14 heavy (non-hydrogen) atoms. The summed E-state index contributed by atoms with van der Waals surface area (Å²) in [6, 6.07) is 4.55. The molecule has 2 nitrogen and oxygen atoms in total. The number of nitrogens with one attached hydrogen (secondary N) is 1. The van der Waals surface area contributed by atoms with E-state index in [4.69, 9.17) is 0 Å². The van der Waals surface area contributed by atoms with E-state index in [2.05, 4.69) is 43.2 Å². The van der Waals surface area contributed by atoms with E-state index in [1.807, 2.05) is 12.4 Å². The van der Waals surface area contributed by atoms with Gasteiger partial charge in [0.2, 0.25) is 0 Å². The van der Waals surface area contributed by atoms with Crippen LogP contribution in [-0.4, -0.2) is 11.5 Å². The smallest absolute Gasteiger partial charge is 0.0292 e. The Morgan fingerprint density at radius 1 is 1.21 bits per heavy atom. The Labute approximate surface area is 86.8 Å². The van der Waals surface area contributed by atoms with Crippen LogP contribution in [0.1, 0.15) is 38.8 Å². The SMILES string of the molecule is CC(C)CCNC(C)c1ccncc1. The van der Waals surface area contributed by atoms with Gasteiger partial charge in [-0.25, -0.2) is 0 Å². The van der Waals surface area contributed by atoms with Crippen LogP contribution >= 0.6 is 0 Å². The minimum absolute atomic E-state index is 0.428. The molecule has 0 amide bonds. The van der Waals surface area contributed by atoms with Crippen LogP contribution in [0, 0.1) is 5.92 Å². The van der Waals surface area contributed by atoms with Gasteiger partial charge < -0.3 is 5.32 Å². The molecule has 1 aromatic rings. The summed E-state index contributed by atoms with van der Waals surface area (Å²) in [7, 11) is 0. The van der Waals surface area contributed by atoms with Crippen molar-refractivity contribution in [2.75, 3.05) is 6.54 Å². The highest BCUT2D eigenvalue weighted by molar-refractivity contribution is 5.13. The summed E-state index contributed by atoms with van der Waals surface area (Å²) < 4.78 is 0. The zero-order valence-corrected chi connectivity index (χ0v) is 9.33. The van der Waals surface area contributed by atoms with Crippen molar-refractivity contribution in [3.63, 3.8) is 0 Å². The van der Waals surface area contributed by atoms with E-state index in [-0.39, 0.29) is 0 Å². The number of hydrogen-bond acceptors (Lipinski definition) is 2. The third kappa shape index (κ3) is 3.88. The fourth-order valence-electron chi connectivity index (χ4n) is 1.36. The summed E-state index contributed by atoms with van der Waals surface area (Å²) in [5.74, 6) is 0.771.